The molecular weight excluding hydrogens is 241 g/mol. The Labute approximate surface area is 113 Å². The zero-order valence-electron chi connectivity index (χ0n) is 10.9. The molecule has 2 atom stereocenters. The number of benzene rings is 2. The zero-order chi connectivity index (χ0) is 13.7. The van der Waals surface area contributed by atoms with Crippen LogP contribution >= 0.6 is 0 Å². The van der Waals surface area contributed by atoms with Crippen molar-refractivity contribution in [2.45, 2.75) is 25.5 Å². The van der Waals surface area contributed by atoms with Gasteiger partial charge in [0, 0.05) is 6.04 Å². The minimum Gasteiger partial charge on any atom is -0.484 e. The van der Waals surface area contributed by atoms with E-state index in [2.05, 4.69) is 0 Å². The van der Waals surface area contributed by atoms with Crippen LogP contribution in [0, 0.1) is 5.82 Å². The second-order valence-corrected chi connectivity index (χ2v) is 4.48. The van der Waals surface area contributed by atoms with Crippen LogP contribution in [0.2, 0.25) is 0 Å². The molecule has 3 heteroatoms. The second-order valence-electron chi connectivity index (χ2n) is 4.48. The Bertz CT molecular complexity index is 515. The third kappa shape index (κ3) is 3.55. The molecule has 0 amide bonds. The average Bonchev–Trinajstić information content (AvgIpc) is 2.45. The summed E-state index contributed by atoms with van der Waals surface area (Å²) in [6.45, 7) is 1.99. The maximum absolute atomic E-state index is 13.3. The van der Waals surface area contributed by atoms with Crippen LogP contribution in [0.5, 0.6) is 5.75 Å². The SMILES string of the molecule is CCC(N)C(Oc1ccccc1)c1cccc(F)c1. The molecule has 0 aliphatic heterocycles. The fraction of sp³-hybridized carbons (Fsp3) is 0.250. The number of hydrogen-bond donors (Lipinski definition) is 1. The molecule has 2 aromatic rings. The van der Waals surface area contributed by atoms with Gasteiger partial charge in [0.05, 0.1) is 0 Å². The Morgan fingerprint density at radius 2 is 1.84 bits per heavy atom. The average molecular weight is 259 g/mol. The van der Waals surface area contributed by atoms with Crippen molar-refractivity contribution >= 4 is 0 Å². The zero-order valence-corrected chi connectivity index (χ0v) is 10.9. The summed E-state index contributed by atoms with van der Waals surface area (Å²) in [5.74, 6) is 0.461. The number of para-hydroxylation sites is 1. The second kappa shape index (κ2) is 6.34. The van der Waals surface area contributed by atoms with Crippen LogP contribution in [0.25, 0.3) is 0 Å². The van der Waals surface area contributed by atoms with Gasteiger partial charge >= 0.3 is 0 Å². The van der Waals surface area contributed by atoms with E-state index in [9.17, 15) is 4.39 Å². The molecule has 0 saturated heterocycles. The van der Waals surface area contributed by atoms with Crippen molar-refractivity contribution in [1.82, 2.24) is 0 Å². The Hall–Kier alpha value is -1.87. The molecule has 19 heavy (non-hydrogen) atoms. The van der Waals surface area contributed by atoms with Crippen molar-refractivity contribution in [3.63, 3.8) is 0 Å². The lowest BCUT2D eigenvalue weighted by atomic mass is 10.0. The maximum atomic E-state index is 13.3. The van der Waals surface area contributed by atoms with Gasteiger partial charge in [-0.3, -0.25) is 0 Å². The molecule has 0 radical (unpaired) electrons. The quantitative estimate of drug-likeness (QED) is 0.889. The highest BCUT2D eigenvalue weighted by atomic mass is 19.1. The summed E-state index contributed by atoms with van der Waals surface area (Å²) in [6, 6.07) is 15.7. The molecule has 0 fully saturated rings. The predicted molar refractivity (Wildman–Crippen MR) is 74.5 cm³/mol. The van der Waals surface area contributed by atoms with Crippen molar-refractivity contribution in [3.8, 4) is 5.75 Å². The predicted octanol–water partition coefficient (Wildman–Crippen LogP) is 3.68. The van der Waals surface area contributed by atoms with E-state index in [4.69, 9.17) is 10.5 Å². The van der Waals surface area contributed by atoms with Gasteiger partial charge in [0.15, 0.2) is 0 Å². The van der Waals surface area contributed by atoms with Gasteiger partial charge in [0.2, 0.25) is 0 Å². The van der Waals surface area contributed by atoms with Crippen molar-refractivity contribution < 1.29 is 9.13 Å². The Balaban J connectivity index is 2.26. The molecule has 0 aliphatic carbocycles. The van der Waals surface area contributed by atoms with Gasteiger partial charge in [-0.05, 0) is 36.2 Å². The summed E-state index contributed by atoms with van der Waals surface area (Å²) >= 11 is 0. The lowest BCUT2D eigenvalue weighted by Gasteiger charge is -2.24. The molecule has 2 nitrogen and oxygen atoms in total. The first-order valence-electron chi connectivity index (χ1n) is 6.43. The lowest BCUT2D eigenvalue weighted by molar-refractivity contribution is 0.170. The van der Waals surface area contributed by atoms with E-state index in [1.165, 1.54) is 12.1 Å². The van der Waals surface area contributed by atoms with E-state index in [1.54, 1.807) is 6.07 Å². The fourth-order valence-electron chi connectivity index (χ4n) is 1.95. The van der Waals surface area contributed by atoms with Crippen molar-refractivity contribution in [1.29, 1.82) is 0 Å². The van der Waals surface area contributed by atoms with E-state index in [0.717, 1.165) is 17.7 Å². The van der Waals surface area contributed by atoms with Crippen LogP contribution in [0.15, 0.2) is 54.6 Å². The normalized spacial score (nSPS) is 13.8. The molecule has 2 unspecified atom stereocenters. The maximum Gasteiger partial charge on any atom is 0.139 e. The summed E-state index contributed by atoms with van der Waals surface area (Å²) < 4.78 is 19.3. The van der Waals surface area contributed by atoms with Crippen molar-refractivity contribution in [2.24, 2.45) is 5.73 Å². The highest BCUT2D eigenvalue weighted by molar-refractivity contribution is 5.25. The minimum absolute atomic E-state index is 0.179. The molecule has 0 saturated carbocycles. The molecule has 0 heterocycles. The topological polar surface area (TPSA) is 35.2 Å². The van der Waals surface area contributed by atoms with Crippen LogP contribution in [-0.2, 0) is 0 Å². The Morgan fingerprint density at radius 3 is 2.47 bits per heavy atom. The van der Waals surface area contributed by atoms with Gasteiger partial charge in [-0.15, -0.1) is 0 Å². The largest absolute Gasteiger partial charge is 0.484 e. The van der Waals surface area contributed by atoms with E-state index in [-0.39, 0.29) is 18.0 Å². The summed E-state index contributed by atoms with van der Waals surface area (Å²) in [4.78, 5) is 0. The Morgan fingerprint density at radius 1 is 1.11 bits per heavy atom. The van der Waals surface area contributed by atoms with Crippen LogP contribution in [-0.4, -0.2) is 6.04 Å². The number of nitrogens with two attached hydrogens (primary N) is 1. The summed E-state index contributed by atoms with van der Waals surface area (Å²) in [7, 11) is 0. The fourth-order valence-corrected chi connectivity index (χ4v) is 1.95. The van der Waals surface area contributed by atoms with Crippen LogP contribution in [0.1, 0.15) is 25.0 Å². The lowest BCUT2D eigenvalue weighted by Crippen LogP contribution is -2.31. The first-order valence-corrected chi connectivity index (χ1v) is 6.43. The smallest absolute Gasteiger partial charge is 0.139 e. The van der Waals surface area contributed by atoms with E-state index in [1.807, 2.05) is 43.3 Å². The number of halogens is 1. The van der Waals surface area contributed by atoms with Crippen LogP contribution in [0.4, 0.5) is 4.39 Å². The van der Waals surface area contributed by atoms with Gasteiger partial charge in [0.25, 0.3) is 0 Å². The van der Waals surface area contributed by atoms with Crippen molar-refractivity contribution in [3.05, 3.63) is 66.0 Å². The van der Waals surface area contributed by atoms with Gasteiger partial charge in [0.1, 0.15) is 17.7 Å². The number of ether oxygens (including phenoxy) is 1. The van der Waals surface area contributed by atoms with Crippen molar-refractivity contribution in [2.75, 3.05) is 0 Å². The van der Waals surface area contributed by atoms with Gasteiger partial charge in [-0.2, -0.15) is 0 Å². The molecule has 100 valence electrons. The molecule has 0 spiro atoms. The molecule has 2 rings (SSSR count). The molecule has 0 bridgehead atoms. The molecule has 0 aliphatic rings. The molecular formula is C16H18FNO. The summed E-state index contributed by atoms with van der Waals surface area (Å²) in [5.41, 5.74) is 6.86. The Kier molecular flexibility index (Phi) is 4.53. The standard InChI is InChI=1S/C16H18FNO/c1-2-15(18)16(12-7-6-8-13(17)11-12)19-14-9-4-3-5-10-14/h3-11,15-16H,2,18H2,1H3. The van der Waals surface area contributed by atoms with Gasteiger partial charge in [-0.1, -0.05) is 37.3 Å². The highest BCUT2D eigenvalue weighted by Crippen LogP contribution is 2.25. The molecule has 2 N–H and O–H groups in total. The van der Waals surface area contributed by atoms with E-state index in [0.29, 0.717) is 0 Å². The van der Waals surface area contributed by atoms with E-state index < -0.39 is 0 Å². The molecule has 0 aromatic heterocycles. The minimum atomic E-state index is -0.344. The van der Waals surface area contributed by atoms with Gasteiger partial charge < -0.3 is 10.5 Å². The first-order chi connectivity index (χ1) is 9.20. The van der Waals surface area contributed by atoms with Crippen LogP contribution < -0.4 is 10.5 Å². The monoisotopic (exact) mass is 259 g/mol. The summed E-state index contributed by atoms with van der Waals surface area (Å²) in [6.07, 6.45) is 0.414. The third-order valence-corrected chi connectivity index (χ3v) is 3.04. The summed E-state index contributed by atoms with van der Waals surface area (Å²) in [5, 5.41) is 0. The number of hydrogen-bond acceptors (Lipinski definition) is 2. The molecule has 2 aromatic carbocycles. The number of rotatable bonds is 5. The van der Waals surface area contributed by atoms with Gasteiger partial charge in [-0.25, -0.2) is 4.39 Å². The third-order valence-electron chi connectivity index (χ3n) is 3.04. The first kappa shape index (κ1) is 13.6. The highest BCUT2D eigenvalue weighted by Gasteiger charge is 2.20. The van der Waals surface area contributed by atoms with E-state index >= 15 is 0 Å². The van der Waals surface area contributed by atoms with Crippen LogP contribution in [0.3, 0.4) is 0 Å².